The van der Waals surface area contributed by atoms with E-state index in [1.54, 1.807) is 0 Å². The predicted octanol–water partition coefficient (Wildman–Crippen LogP) is 0.275. The van der Waals surface area contributed by atoms with Crippen LogP contribution in [0.1, 0.15) is 18.4 Å². The van der Waals surface area contributed by atoms with Gasteiger partial charge in [-0.3, -0.25) is 10.1 Å². The third-order valence-electron chi connectivity index (χ3n) is 4.26. The highest BCUT2D eigenvalue weighted by Crippen LogP contribution is 2.42. The number of benzene rings is 1. The van der Waals surface area contributed by atoms with Gasteiger partial charge < -0.3 is 14.9 Å². The number of aliphatic hydroxyl groups is 2. The zero-order valence-corrected chi connectivity index (χ0v) is 11.7. The Morgan fingerprint density at radius 3 is 2.50 bits per heavy atom. The van der Waals surface area contributed by atoms with Gasteiger partial charge in [0.1, 0.15) is 6.04 Å². The van der Waals surface area contributed by atoms with Gasteiger partial charge in [-0.15, -0.1) is 0 Å². The number of rotatable bonds is 4. The van der Waals surface area contributed by atoms with E-state index in [9.17, 15) is 15.0 Å². The Morgan fingerprint density at radius 1 is 1.35 bits per heavy atom. The molecule has 5 heteroatoms. The number of methoxy groups -OCH3 is 1. The fourth-order valence-corrected chi connectivity index (χ4v) is 3.09. The molecule has 1 fully saturated rings. The van der Waals surface area contributed by atoms with Crippen LogP contribution in [-0.4, -0.2) is 48.1 Å². The second-order valence-electron chi connectivity index (χ2n) is 5.45. The van der Waals surface area contributed by atoms with E-state index < -0.39 is 11.6 Å². The van der Waals surface area contributed by atoms with E-state index in [2.05, 4.69) is 5.32 Å². The van der Waals surface area contributed by atoms with Gasteiger partial charge in [-0.25, -0.2) is 0 Å². The van der Waals surface area contributed by atoms with Gasteiger partial charge >= 0.3 is 5.97 Å². The largest absolute Gasteiger partial charge is 0.468 e. The fraction of sp³-hybridized carbons (Fsp3) is 0.533. The summed E-state index contributed by atoms with van der Waals surface area (Å²) in [6.07, 6.45) is 0. The standard InChI is InChI=1S/C15H21NO4/c1-15(9-18)11(8-17)12(10-6-4-3-5-7-10)13(16-15)14(19)20-2/h3-7,11-13,16-18H,8-9H2,1-2H3/t11-,12-,13-,15-/m0/s1. The Hall–Kier alpha value is -1.43. The van der Waals surface area contributed by atoms with Gasteiger partial charge in [0.25, 0.3) is 0 Å². The van der Waals surface area contributed by atoms with Crippen LogP contribution >= 0.6 is 0 Å². The van der Waals surface area contributed by atoms with E-state index in [4.69, 9.17) is 4.74 Å². The van der Waals surface area contributed by atoms with Gasteiger partial charge in [-0.2, -0.15) is 0 Å². The summed E-state index contributed by atoms with van der Waals surface area (Å²) < 4.78 is 4.85. The maximum Gasteiger partial charge on any atom is 0.323 e. The van der Waals surface area contributed by atoms with E-state index in [-0.39, 0.29) is 31.0 Å². The SMILES string of the molecule is COC(=O)[C@H]1N[C@@](C)(CO)[C@@H](CO)[C@@H]1c1ccccc1. The highest BCUT2D eigenvalue weighted by Gasteiger charge is 2.53. The third-order valence-corrected chi connectivity index (χ3v) is 4.26. The average Bonchev–Trinajstić information content (AvgIpc) is 2.80. The molecular weight excluding hydrogens is 258 g/mol. The summed E-state index contributed by atoms with van der Waals surface area (Å²) in [7, 11) is 1.34. The molecule has 0 aromatic heterocycles. The van der Waals surface area contributed by atoms with Crippen molar-refractivity contribution in [3.8, 4) is 0 Å². The van der Waals surface area contributed by atoms with Crippen LogP contribution in [0.2, 0.25) is 0 Å². The van der Waals surface area contributed by atoms with E-state index in [1.165, 1.54) is 7.11 Å². The van der Waals surface area contributed by atoms with Gasteiger partial charge in [0.15, 0.2) is 0 Å². The minimum absolute atomic E-state index is 0.114. The number of hydrogen-bond acceptors (Lipinski definition) is 5. The lowest BCUT2D eigenvalue weighted by Crippen LogP contribution is -2.49. The van der Waals surface area contributed by atoms with Crippen LogP contribution in [-0.2, 0) is 9.53 Å². The lowest BCUT2D eigenvalue weighted by atomic mass is 9.77. The van der Waals surface area contributed by atoms with Crippen LogP contribution < -0.4 is 5.32 Å². The van der Waals surface area contributed by atoms with Gasteiger partial charge in [-0.1, -0.05) is 30.3 Å². The normalized spacial score (nSPS) is 33.1. The van der Waals surface area contributed by atoms with E-state index in [0.717, 1.165) is 5.56 Å². The third kappa shape index (κ3) is 2.44. The maximum absolute atomic E-state index is 12.0. The lowest BCUT2D eigenvalue weighted by Gasteiger charge is -2.30. The molecule has 1 saturated heterocycles. The first-order valence-electron chi connectivity index (χ1n) is 6.69. The van der Waals surface area contributed by atoms with Crippen LogP contribution in [0.3, 0.4) is 0 Å². The summed E-state index contributed by atoms with van der Waals surface area (Å²) in [5.41, 5.74) is 0.236. The summed E-state index contributed by atoms with van der Waals surface area (Å²) in [6, 6.07) is 8.97. The van der Waals surface area contributed by atoms with Crippen molar-refractivity contribution in [3.05, 3.63) is 35.9 Å². The van der Waals surface area contributed by atoms with E-state index >= 15 is 0 Å². The number of ether oxygens (including phenoxy) is 1. The van der Waals surface area contributed by atoms with Gasteiger partial charge in [-0.05, 0) is 12.5 Å². The zero-order chi connectivity index (χ0) is 14.8. The van der Waals surface area contributed by atoms with Crippen molar-refractivity contribution in [2.24, 2.45) is 5.92 Å². The van der Waals surface area contributed by atoms with Crippen LogP contribution in [0.5, 0.6) is 0 Å². The molecule has 1 aromatic carbocycles. The number of hydrogen-bond donors (Lipinski definition) is 3. The van der Waals surface area contributed by atoms with Crippen molar-refractivity contribution >= 4 is 5.97 Å². The monoisotopic (exact) mass is 279 g/mol. The zero-order valence-electron chi connectivity index (χ0n) is 11.7. The van der Waals surface area contributed by atoms with Crippen molar-refractivity contribution < 1.29 is 19.7 Å². The first-order chi connectivity index (χ1) is 9.57. The van der Waals surface area contributed by atoms with Crippen molar-refractivity contribution in [3.63, 3.8) is 0 Å². The Morgan fingerprint density at radius 2 is 2.00 bits per heavy atom. The number of aliphatic hydroxyl groups excluding tert-OH is 2. The first-order valence-corrected chi connectivity index (χ1v) is 6.69. The minimum atomic E-state index is -0.714. The molecule has 4 atom stereocenters. The molecule has 20 heavy (non-hydrogen) atoms. The maximum atomic E-state index is 12.0. The van der Waals surface area contributed by atoms with Gasteiger partial charge in [0.2, 0.25) is 0 Å². The summed E-state index contributed by atoms with van der Waals surface area (Å²) in [5.74, 6) is -0.876. The molecule has 0 bridgehead atoms. The minimum Gasteiger partial charge on any atom is -0.468 e. The Kier molecular flexibility index (Phi) is 4.42. The smallest absolute Gasteiger partial charge is 0.323 e. The van der Waals surface area contributed by atoms with Crippen molar-refractivity contribution in [2.75, 3.05) is 20.3 Å². The topological polar surface area (TPSA) is 78.8 Å². The highest BCUT2D eigenvalue weighted by molar-refractivity contribution is 5.78. The number of nitrogens with one attached hydrogen (secondary N) is 1. The molecule has 1 aliphatic heterocycles. The van der Waals surface area contributed by atoms with E-state index in [0.29, 0.717) is 0 Å². The number of carbonyl (C=O) groups is 1. The number of carbonyl (C=O) groups excluding carboxylic acids is 1. The van der Waals surface area contributed by atoms with E-state index in [1.807, 2.05) is 37.3 Å². The summed E-state index contributed by atoms with van der Waals surface area (Å²) >= 11 is 0. The van der Waals surface area contributed by atoms with Crippen LogP contribution in [0.4, 0.5) is 0 Å². The average molecular weight is 279 g/mol. The molecule has 1 aliphatic rings. The molecule has 0 saturated carbocycles. The van der Waals surface area contributed by atoms with Crippen LogP contribution in [0, 0.1) is 5.92 Å². The molecule has 2 rings (SSSR count). The Balaban J connectivity index is 2.44. The summed E-state index contributed by atoms with van der Waals surface area (Å²) in [4.78, 5) is 12.0. The second-order valence-corrected chi connectivity index (χ2v) is 5.45. The molecule has 0 radical (unpaired) electrons. The van der Waals surface area contributed by atoms with Crippen molar-refractivity contribution in [1.82, 2.24) is 5.32 Å². The molecule has 5 nitrogen and oxygen atoms in total. The van der Waals surface area contributed by atoms with Crippen molar-refractivity contribution in [2.45, 2.75) is 24.4 Å². The first kappa shape index (κ1) is 15.0. The predicted molar refractivity (Wildman–Crippen MR) is 74.2 cm³/mol. The van der Waals surface area contributed by atoms with Gasteiger partial charge in [0.05, 0.1) is 13.7 Å². The summed E-state index contributed by atoms with van der Waals surface area (Å²) in [6.45, 7) is 1.54. The lowest BCUT2D eigenvalue weighted by molar-refractivity contribution is -0.143. The number of esters is 1. The molecule has 0 spiro atoms. The molecule has 1 heterocycles. The van der Waals surface area contributed by atoms with Crippen LogP contribution in [0.15, 0.2) is 30.3 Å². The Bertz CT molecular complexity index is 464. The molecule has 0 unspecified atom stereocenters. The molecule has 0 aliphatic carbocycles. The molecule has 1 aromatic rings. The molecule has 3 N–H and O–H groups in total. The van der Waals surface area contributed by atoms with Gasteiger partial charge in [0, 0.05) is 24.0 Å². The summed E-state index contributed by atoms with van der Waals surface area (Å²) in [5, 5.41) is 22.5. The molecule has 0 amide bonds. The second kappa shape index (κ2) is 5.91. The molecular formula is C15H21NO4. The highest BCUT2D eigenvalue weighted by atomic mass is 16.5. The molecule has 110 valence electrons. The van der Waals surface area contributed by atoms with Crippen molar-refractivity contribution in [1.29, 1.82) is 0 Å². The fourth-order valence-electron chi connectivity index (χ4n) is 3.09. The van der Waals surface area contributed by atoms with Crippen LogP contribution in [0.25, 0.3) is 0 Å². The quantitative estimate of drug-likeness (QED) is 0.690. The Labute approximate surface area is 118 Å².